The maximum absolute atomic E-state index is 12.5. The Bertz CT molecular complexity index is 788. The Hall–Kier alpha value is -3.36. The molecule has 9 heteroatoms. The van der Waals surface area contributed by atoms with Crippen molar-refractivity contribution < 1.29 is 19.1 Å². The summed E-state index contributed by atoms with van der Waals surface area (Å²) in [4.78, 5) is 41.6. The highest BCUT2D eigenvalue weighted by Gasteiger charge is 2.39. The van der Waals surface area contributed by atoms with Crippen LogP contribution in [0.1, 0.15) is 6.42 Å². The van der Waals surface area contributed by atoms with E-state index in [0.717, 1.165) is 4.90 Å². The van der Waals surface area contributed by atoms with Crippen LogP contribution in [0.25, 0.3) is 0 Å². The number of imidazole rings is 1. The van der Waals surface area contributed by atoms with E-state index < -0.39 is 18.0 Å². The zero-order chi connectivity index (χ0) is 18.5. The lowest BCUT2D eigenvalue weighted by atomic mass is 10.2. The van der Waals surface area contributed by atoms with Gasteiger partial charge in [-0.25, -0.2) is 14.7 Å². The molecule has 0 aliphatic carbocycles. The molecule has 2 aromatic rings. The summed E-state index contributed by atoms with van der Waals surface area (Å²) < 4.78 is 6.89. The number of methoxy groups -OCH3 is 1. The number of urea groups is 1. The number of carbonyl (C=O) groups excluding carboxylic acids is 3. The van der Waals surface area contributed by atoms with Crippen molar-refractivity contribution in [3.05, 3.63) is 43.0 Å². The van der Waals surface area contributed by atoms with Crippen molar-refractivity contribution in [2.75, 3.05) is 18.6 Å². The normalized spacial score (nSPS) is 16.5. The van der Waals surface area contributed by atoms with Crippen molar-refractivity contribution in [3.63, 3.8) is 0 Å². The predicted octanol–water partition coefficient (Wildman–Crippen LogP) is 0.523. The van der Waals surface area contributed by atoms with Crippen molar-refractivity contribution in [2.45, 2.75) is 19.0 Å². The molecule has 4 amide bonds. The SMILES string of the molecule is COc1ccc(N2C(=O)N[C@@H](CC(=O)NCCn3ccnc3)C2=O)cc1. The number of nitrogens with zero attached hydrogens (tertiary/aromatic N) is 3. The van der Waals surface area contributed by atoms with E-state index in [4.69, 9.17) is 4.74 Å². The highest BCUT2D eigenvalue weighted by molar-refractivity contribution is 6.22. The van der Waals surface area contributed by atoms with Crippen molar-refractivity contribution in [2.24, 2.45) is 0 Å². The molecule has 1 aromatic heterocycles. The standard InChI is InChI=1S/C17H19N5O4/c1-26-13-4-2-12(3-5-13)22-16(24)14(20-17(22)25)10-15(23)19-7-9-21-8-6-18-11-21/h2-6,8,11,14H,7,9-10H2,1H3,(H,19,23)(H,20,25)/t14-/m0/s1. The molecule has 9 nitrogen and oxygen atoms in total. The van der Waals surface area contributed by atoms with E-state index in [1.807, 2.05) is 4.57 Å². The third-order valence-electron chi connectivity index (χ3n) is 3.99. The molecule has 0 bridgehead atoms. The van der Waals surface area contributed by atoms with Crippen molar-refractivity contribution in [1.29, 1.82) is 0 Å². The molecular weight excluding hydrogens is 338 g/mol. The summed E-state index contributed by atoms with van der Waals surface area (Å²) in [7, 11) is 1.53. The summed E-state index contributed by atoms with van der Waals surface area (Å²) >= 11 is 0. The number of nitrogens with one attached hydrogen (secondary N) is 2. The lowest BCUT2D eigenvalue weighted by Gasteiger charge is -2.13. The molecule has 26 heavy (non-hydrogen) atoms. The summed E-state index contributed by atoms with van der Waals surface area (Å²) in [6.07, 6.45) is 4.99. The van der Waals surface area contributed by atoms with E-state index in [1.165, 1.54) is 7.11 Å². The van der Waals surface area contributed by atoms with Gasteiger partial charge in [0, 0.05) is 25.5 Å². The van der Waals surface area contributed by atoms with E-state index in [2.05, 4.69) is 15.6 Å². The second-order valence-corrected chi connectivity index (χ2v) is 5.73. The van der Waals surface area contributed by atoms with Gasteiger partial charge in [0.05, 0.1) is 25.5 Å². The van der Waals surface area contributed by atoms with Crippen LogP contribution in [-0.4, -0.2) is 47.1 Å². The molecule has 136 valence electrons. The first-order chi connectivity index (χ1) is 12.6. The Balaban J connectivity index is 1.55. The molecule has 0 spiro atoms. The van der Waals surface area contributed by atoms with E-state index in [9.17, 15) is 14.4 Å². The average molecular weight is 357 g/mol. The van der Waals surface area contributed by atoms with Crippen LogP contribution in [0, 0.1) is 0 Å². The number of hydrogen-bond acceptors (Lipinski definition) is 5. The second-order valence-electron chi connectivity index (χ2n) is 5.73. The van der Waals surface area contributed by atoms with E-state index in [1.54, 1.807) is 43.0 Å². The molecule has 1 aliphatic rings. The van der Waals surface area contributed by atoms with Crippen LogP contribution in [0.5, 0.6) is 5.75 Å². The third-order valence-corrected chi connectivity index (χ3v) is 3.99. The number of anilines is 1. The predicted molar refractivity (Wildman–Crippen MR) is 92.7 cm³/mol. The van der Waals surface area contributed by atoms with Crippen LogP contribution in [0.4, 0.5) is 10.5 Å². The lowest BCUT2D eigenvalue weighted by molar-refractivity contribution is -0.125. The number of aromatic nitrogens is 2. The minimum absolute atomic E-state index is 0.110. The molecule has 1 aliphatic heterocycles. The van der Waals surface area contributed by atoms with Gasteiger partial charge in [-0.3, -0.25) is 9.59 Å². The third kappa shape index (κ3) is 3.82. The van der Waals surface area contributed by atoms with Crippen LogP contribution in [0.15, 0.2) is 43.0 Å². The number of hydrogen-bond donors (Lipinski definition) is 2. The monoisotopic (exact) mass is 357 g/mol. The highest BCUT2D eigenvalue weighted by atomic mass is 16.5. The van der Waals surface area contributed by atoms with Gasteiger partial charge in [0.15, 0.2) is 0 Å². The lowest BCUT2D eigenvalue weighted by Crippen LogP contribution is -2.37. The second kappa shape index (κ2) is 7.68. The minimum Gasteiger partial charge on any atom is -0.497 e. The van der Waals surface area contributed by atoms with E-state index in [-0.39, 0.29) is 12.3 Å². The largest absolute Gasteiger partial charge is 0.497 e. The summed E-state index contributed by atoms with van der Waals surface area (Å²) in [5, 5.41) is 5.27. The van der Waals surface area contributed by atoms with Gasteiger partial charge in [-0.2, -0.15) is 0 Å². The summed E-state index contributed by atoms with van der Waals surface area (Å²) in [5.74, 6) is -0.139. The molecule has 2 heterocycles. The van der Waals surface area contributed by atoms with Gasteiger partial charge in [0.25, 0.3) is 5.91 Å². The maximum Gasteiger partial charge on any atom is 0.329 e. The van der Waals surface area contributed by atoms with Gasteiger partial charge < -0.3 is 19.9 Å². The average Bonchev–Trinajstić information content (AvgIpc) is 3.24. The molecule has 0 saturated carbocycles. The maximum atomic E-state index is 12.5. The Morgan fingerprint density at radius 2 is 2.08 bits per heavy atom. The van der Waals surface area contributed by atoms with Crippen LogP contribution >= 0.6 is 0 Å². The number of amides is 4. The van der Waals surface area contributed by atoms with Gasteiger partial charge in [-0.15, -0.1) is 0 Å². The first kappa shape index (κ1) is 17.5. The number of rotatable bonds is 7. The number of carbonyl (C=O) groups is 3. The van der Waals surface area contributed by atoms with Crippen molar-refractivity contribution in [3.8, 4) is 5.75 Å². The Labute approximate surface area is 149 Å². The van der Waals surface area contributed by atoms with Crippen LogP contribution in [0.2, 0.25) is 0 Å². The number of imide groups is 1. The molecule has 2 N–H and O–H groups in total. The van der Waals surface area contributed by atoms with Crippen molar-refractivity contribution >= 4 is 23.5 Å². The quantitative estimate of drug-likeness (QED) is 0.703. The van der Waals surface area contributed by atoms with Gasteiger partial charge in [0.1, 0.15) is 11.8 Å². The molecule has 0 unspecified atom stereocenters. The fourth-order valence-corrected chi connectivity index (χ4v) is 2.65. The minimum atomic E-state index is -0.877. The number of benzene rings is 1. The summed E-state index contributed by atoms with van der Waals surface area (Å²) in [5.41, 5.74) is 0.427. The molecule has 1 fully saturated rings. The van der Waals surface area contributed by atoms with Crippen LogP contribution in [0.3, 0.4) is 0 Å². The number of ether oxygens (including phenoxy) is 1. The molecule has 3 rings (SSSR count). The van der Waals surface area contributed by atoms with Gasteiger partial charge in [-0.1, -0.05) is 0 Å². The molecule has 1 aromatic carbocycles. The fourth-order valence-electron chi connectivity index (χ4n) is 2.65. The topological polar surface area (TPSA) is 106 Å². The molecule has 0 radical (unpaired) electrons. The Morgan fingerprint density at radius 3 is 2.73 bits per heavy atom. The fraction of sp³-hybridized carbons (Fsp3) is 0.294. The first-order valence-electron chi connectivity index (χ1n) is 8.09. The highest BCUT2D eigenvalue weighted by Crippen LogP contribution is 2.23. The molecule has 1 saturated heterocycles. The zero-order valence-corrected chi connectivity index (χ0v) is 14.2. The zero-order valence-electron chi connectivity index (χ0n) is 14.2. The molecular formula is C17H19N5O4. The summed E-state index contributed by atoms with van der Waals surface area (Å²) in [6.45, 7) is 0.987. The van der Waals surface area contributed by atoms with Crippen molar-refractivity contribution in [1.82, 2.24) is 20.2 Å². The van der Waals surface area contributed by atoms with Crippen LogP contribution in [-0.2, 0) is 16.1 Å². The van der Waals surface area contributed by atoms with Gasteiger partial charge in [0.2, 0.25) is 5.91 Å². The smallest absolute Gasteiger partial charge is 0.329 e. The first-order valence-corrected chi connectivity index (χ1v) is 8.09. The van der Waals surface area contributed by atoms with E-state index in [0.29, 0.717) is 24.5 Å². The van der Waals surface area contributed by atoms with Gasteiger partial charge in [-0.05, 0) is 24.3 Å². The van der Waals surface area contributed by atoms with Crippen LogP contribution < -0.4 is 20.3 Å². The Morgan fingerprint density at radius 1 is 1.31 bits per heavy atom. The van der Waals surface area contributed by atoms with Gasteiger partial charge >= 0.3 is 6.03 Å². The van der Waals surface area contributed by atoms with E-state index >= 15 is 0 Å². The summed E-state index contributed by atoms with van der Waals surface area (Å²) in [6, 6.07) is 5.13. The Kier molecular flexibility index (Phi) is 5.16. The molecule has 1 atom stereocenters.